The van der Waals surface area contributed by atoms with Crippen molar-refractivity contribution in [2.45, 2.75) is 32.2 Å². The lowest BCUT2D eigenvalue weighted by Crippen LogP contribution is -2.38. The lowest BCUT2D eigenvalue weighted by Gasteiger charge is -2.35. The first kappa shape index (κ1) is 15.2. The maximum atomic E-state index is 14.0. The van der Waals surface area contributed by atoms with Crippen LogP contribution in [-0.2, 0) is 0 Å². The predicted octanol–water partition coefficient (Wildman–Crippen LogP) is 3.60. The van der Waals surface area contributed by atoms with E-state index >= 15 is 0 Å². The Kier molecular flexibility index (Phi) is 4.59. The Bertz CT molecular complexity index is 540. The molecule has 0 radical (unpaired) electrons. The third kappa shape index (κ3) is 3.89. The second-order valence-corrected chi connectivity index (χ2v) is 10.0. The third-order valence-corrected chi connectivity index (χ3v) is 4.15. The van der Waals surface area contributed by atoms with Gasteiger partial charge < -0.3 is 4.90 Å². The lowest BCUT2D eigenvalue weighted by atomic mass is 10.0. The number of aromatic nitrogens is 1. The molecule has 1 atom stereocenters. The molecular weight excluding hydrogens is 271 g/mol. The number of anilines is 1. The largest absolute Gasteiger partial charge is 0.365 e. The Morgan fingerprint density at radius 3 is 2.75 bits per heavy atom. The first-order valence-corrected chi connectivity index (χ1v) is 9.86. The number of pyridine rings is 1. The number of rotatable bonds is 1. The molecule has 0 aromatic carbocycles. The molecule has 2 rings (SSSR count). The van der Waals surface area contributed by atoms with Crippen molar-refractivity contribution in [3.05, 3.63) is 23.8 Å². The second kappa shape index (κ2) is 6.05. The van der Waals surface area contributed by atoms with Gasteiger partial charge in [-0.2, -0.15) is 14.4 Å². The highest BCUT2D eigenvalue weighted by Gasteiger charge is 2.22. The van der Waals surface area contributed by atoms with Crippen LogP contribution in [0.2, 0.25) is 0 Å². The number of hydrogen-bond donors (Lipinski definition) is 0. The van der Waals surface area contributed by atoms with E-state index in [-0.39, 0.29) is 5.95 Å². The number of piperidine rings is 1. The van der Waals surface area contributed by atoms with Gasteiger partial charge >= 0.3 is 0 Å². The molecule has 2 nitrogen and oxygen atoms in total. The van der Waals surface area contributed by atoms with Crippen LogP contribution in [0.3, 0.4) is 0 Å². The maximum Gasteiger partial charge on any atom is 0.236 e. The fourth-order valence-electron chi connectivity index (χ4n) is 2.37. The molecule has 1 aliphatic heterocycles. The molecule has 0 saturated carbocycles. The summed E-state index contributed by atoms with van der Waals surface area (Å²) in [6.45, 7) is 3.05. The number of hydrogen-bond acceptors (Lipinski definition) is 2. The van der Waals surface area contributed by atoms with Crippen molar-refractivity contribution in [1.29, 1.82) is 0 Å². The van der Waals surface area contributed by atoms with Crippen LogP contribution in [0.4, 0.5) is 10.1 Å². The van der Waals surface area contributed by atoms with Crippen LogP contribution in [0.5, 0.6) is 0 Å². The average Bonchev–Trinajstić information content (AvgIpc) is 2.38. The normalized spacial score (nSPS) is 20.2. The van der Waals surface area contributed by atoms with E-state index in [0.29, 0.717) is 11.7 Å². The van der Waals surface area contributed by atoms with E-state index in [9.17, 15) is 4.39 Å². The SMILES string of the molecule is C[C@H]1CCCCN1c1cc(C#CS(C)(C)C)cnc1F. The van der Waals surface area contributed by atoms with Gasteiger partial charge in [0, 0.05) is 24.3 Å². The van der Waals surface area contributed by atoms with Crippen LogP contribution in [0.1, 0.15) is 31.7 Å². The van der Waals surface area contributed by atoms with Crippen molar-refractivity contribution in [3.63, 3.8) is 0 Å². The monoisotopic (exact) mass is 294 g/mol. The minimum Gasteiger partial charge on any atom is -0.365 e. The standard InChI is InChI=1S/C16H23FN2S/c1-13-7-5-6-9-19(13)15-11-14(12-18-16(15)17)8-10-20(2,3)4/h11-13H,5-7,9H2,1-4H3/t13-/m0/s1. The van der Waals surface area contributed by atoms with Crippen molar-refractivity contribution >= 4 is 15.7 Å². The summed E-state index contributed by atoms with van der Waals surface area (Å²) in [7, 11) is -0.877. The van der Waals surface area contributed by atoms with Crippen LogP contribution in [0.15, 0.2) is 12.3 Å². The fourth-order valence-corrected chi connectivity index (χ4v) is 2.80. The molecule has 1 aromatic heterocycles. The van der Waals surface area contributed by atoms with Gasteiger partial charge in [0.05, 0.1) is 5.69 Å². The minimum absolute atomic E-state index is 0.372. The molecule has 1 aromatic rings. The molecule has 0 spiro atoms. The van der Waals surface area contributed by atoms with Gasteiger partial charge in [0.2, 0.25) is 5.95 Å². The van der Waals surface area contributed by atoms with Gasteiger partial charge in [-0.05, 0) is 56.3 Å². The Morgan fingerprint density at radius 1 is 1.35 bits per heavy atom. The van der Waals surface area contributed by atoms with Crippen molar-refractivity contribution in [2.75, 3.05) is 30.2 Å². The zero-order valence-corrected chi connectivity index (χ0v) is 13.6. The summed E-state index contributed by atoms with van der Waals surface area (Å²) in [4.78, 5) is 6.01. The fraction of sp³-hybridized carbons (Fsp3) is 0.562. The predicted molar refractivity (Wildman–Crippen MR) is 87.1 cm³/mol. The van der Waals surface area contributed by atoms with Gasteiger partial charge in [-0.25, -0.2) is 4.98 Å². The van der Waals surface area contributed by atoms with Crippen LogP contribution in [-0.4, -0.2) is 36.3 Å². The summed E-state index contributed by atoms with van der Waals surface area (Å²) in [6.07, 6.45) is 11.4. The van der Waals surface area contributed by atoms with E-state index in [1.165, 1.54) is 12.6 Å². The van der Waals surface area contributed by atoms with E-state index in [1.807, 2.05) is 6.07 Å². The smallest absolute Gasteiger partial charge is 0.236 e. The summed E-state index contributed by atoms with van der Waals surface area (Å²) in [5.41, 5.74) is 1.41. The molecule has 20 heavy (non-hydrogen) atoms. The Morgan fingerprint density at radius 2 is 2.10 bits per heavy atom. The molecule has 4 heteroatoms. The Balaban J connectivity index is 2.30. The summed E-state index contributed by atoms with van der Waals surface area (Å²) in [5.74, 6) is 2.76. The van der Waals surface area contributed by atoms with Crippen molar-refractivity contribution in [2.24, 2.45) is 0 Å². The highest BCUT2D eigenvalue weighted by Crippen LogP contribution is 2.32. The zero-order chi connectivity index (χ0) is 14.8. The molecule has 1 aliphatic rings. The first-order chi connectivity index (χ1) is 9.37. The van der Waals surface area contributed by atoms with Crippen molar-refractivity contribution in [1.82, 2.24) is 4.98 Å². The highest BCUT2D eigenvalue weighted by molar-refractivity contribution is 8.35. The van der Waals surface area contributed by atoms with Crippen LogP contribution >= 0.6 is 10.0 Å². The van der Waals surface area contributed by atoms with Crippen LogP contribution in [0, 0.1) is 17.1 Å². The van der Waals surface area contributed by atoms with E-state index in [4.69, 9.17) is 0 Å². The first-order valence-electron chi connectivity index (χ1n) is 7.00. The van der Waals surface area contributed by atoms with Gasteiger partial charge in [-0.3, -0.25) is 0 Å². The molecule has 0 amide bonds. The minimum atomic E-state index is -0.877. The number of nitrogens with zero attached hydrogens (tertiary/aromatic N) is 2. The molecule has 0 unspecified atom stereocenters. The third-order valence-electron chi connectivity index (χ3n) is 3.43. The summed E-state index contributed by atoms with van der Waals surface area (Å²) < 4.78 is 14.0. The van der Waals surface area contributed by atoms with Crippen LogP contribution < -0.4 is 4.90 Å². The zero-order valence-electron chi connectivity index (χ0n) is 12.7. The molecule has 1 saturated heterocycles. The Labute approximate surface area is 123 Å². The highest BCUT2D eigenvalue weighted by atomic mass is 32.3. The van der Waals surface area contributed by atoms with Crippen LogP contribution in [0.25, 0.3) is 0 Å². The Hall–Kier alpha value is -1.21. The quantitative estimate of drug-likeness (QED) is 0.581. The summed E-state index contributed by atoms with van der Waals surface area (Å²) in [5, 5.41) is 3.25. The van der Waals surface area contributed by atoms with E-state index in [1.54, 1.807) is 0 Å². The number of halogens is 1. The molecule has 2 heterocycles. The average molecular weight is 294 g/mol. The van der Waals surface area contributed by atoms with E-state index in [0.717, 1.165) is 24.9 Å². The van der Waals surface area contributed by atoms with Gasteiger partial charge in [0.1, 0.15) is 0 Å². The lowest BCUT2D eigenvalue weighted by molar-refractivity contribution is 0.471. The van der Waals surface area contributed by atoms with Gasteiger partial charge in [0.15, 0.2) is 0 Å². The summed E-state index contributed by atoms with van der Waals surface area (Å²) >= 11 is 0. The van der Waals surface area contributed by atoms with Crippen molar-refractivity contribution in [3.8, 4) is 11.2 Å². The van der Waals surface area contributed by atoms with E-state index in [2.05, 4.69) is 46.7 Å². The molecule has 0 N–H and O–H groups in total. The molecule has 110 valence electrons. The molecular formula is C16H23FN2S. The molecule has 1 fully saturated rings. The maximum absolute atomic E-state index is 14.0. The summed E-state index contributed by atoms with van der Waals surface area (Å²) in [6, 6.07) is 2.22. The molecule has 0 aliphatic carbocycles. The van der Waals surface area contributed by atoms with E-state index < -0.39 is 10.0 Å². The topological polar surface area (TPSA) is 16.1 Å². The van der Waals surface area contributed by atoms with Gasteiger partial charge in [-0.1, -0.05) is 5.92 Å². The van der Waals surface area contributed by atoms with Gasteiger partial charge in [0.25, 0.3) is 0 Å². The van der Waals surface area contributed by atoms with Crippen molar-refractivity contribution < 1.29 is 4.39 Å². The second-order valence-electron chi connectivity index (χ2n) is 6.14. The molecule has 0 bridgehead atoms. The van der Waals surface area contributed by atoms with Gasteiger partial charge in [-0.15, -0.1) is 0 Å².